The van der Waals surface area contributed by atoms with Gasteiger partial charge in [0.15, 0.2) is 23.0 Å². The lowest BCUT2D eigenvalue weighted by Gasteiger charge is -2.22. The van der Waals surface area contributed by atoms with Crippen molar-refractivity contribution in [2.75, 3.05) is 0 Å². The van der Waals surface area contributed by atoms with E-state index < -0.39 is 0 Å². The standard InChI is InChI=1S/C36H23N3O2/c1-2-11-23(12-3-1)33-25-14-6-7-15-27(25)37-36(38-33)39-28-20-18-22-10-4-5-13-24(22)32(28)26-19-21-31-35(34(26)39)41-30-17-9-8-16-29(30)40-31/h1-17,19,21H,18,20H2. The summed E-state index contributed by atoms with van der Waals surface area (Å²) in [4.78, 5) is 10.4. The average Bonchev–Trinajstić information content (AvgIpc) is 3.39. The number of nitrogens with zero attached hydrogens (tertiary/aromatic N) is 3. The number of benzene rings is 5. The molecule has 0 saturated heterocycles. The van der Waals surface area contributed by atoms with Gasteiger partial charge in [-0.05, 0) is 54.3 Å². The molecule has 0 N–H and O–H groups in total. The van der Waals surface area contributed by atoms with Crippen molar-refractivity contribution >= 4 is 21.8 Å². The van der Waals surface area contributed by atoms with Gasteiger partial charge in [-0.3, -0.25) is 4.57 Å². The Morgan fingerprint density at radius 2 is 1.34 bits per heavy atom. The minimum atomic E-state index is 0.629. The van der Waals surface area contributed by atoms with Gasteiger partial charge in [-0.1, -0.05) is 84.9 Å². The Labute approximate surface area is 236 Å². The number of aryl methyl sites for hydroxylation is 1. The summed E-state index contributed by atoms with van der Waals surface area (Å²) in [5, 5.41) is 2.13. The van der Waals surface area contributed by atoms with E-state index in [1.54, 1.807) is 0 Å². The summed E-state index contributed by atoms with van der Waals surface area (Å²) >= 11 is 0. The van der Waals surface area contributed by atoms with Crippen molar-refractivity contribution in [3.63, 3.8) is 0 Å². The first-order valence-electron chi connectivity index (χ1n) is 13.9. The lowest BCUT2D eigenvalue weighted by molar-refractivity contribution is 0.362. The molecule has 7 aromatic rings. The van der Waals surface area contributed by atoms with E-state index in [4.69, 9.17) is 19.4 Å². The number of rotatable bonds is 2. The maximum absolute atomic E-state index is 6.62. The number of ether oxygens (including phenoxy) is 2. The van der Waals surface area contributed by atoms with Gasteiger partial charge in [0.2, 0.25) is 5.95 Å². The quantitative estimate of drug-likeness (QED) is 0.224. The minimum absolute atomic E-state index is 0.629. The largest absolute Gasteiger partial charge is 0.449 e. The van der Waals surface area contributed by atoms with Gasteiger partial charge in [0.25, 0.3) is 0 Å². The van der Waals surface area contributed by atoms with Crippen molar-refractivity contribution in [3.05, 3.63) is 127 Å². The maximum atomic E-state index is 6.62. The highest BCUT2D eigenvalue weighted by Gasteiger charge is 2.31. The lowest BCUT2D eigenvalue weighted by Crippen LogP contribution is -2.11. The van der Waals surface area contributed by atoms with E-state index >= 15 is 0 Å². The zero-order valence-electron chi connectivity index (χ0n) is 22.0. The number of hydrogen-bond acceptors (Lipinski definition) is 4. The predicted molar refractivity (Wildman–Crippen MR) is 161 cm³/mol. The Balaban J connectivity index is 1.40. The summed E-state index contributed by atoms with van der Waals surface area (Å²) in [6.45, 7) is 0. The van der Waals surface area contributed by atoms with Crippen LogP contribution >= 0.6 is 0 Å². The van der Waals surface area contributed by atoms with Crippen LogP contribution in [0, 0.1) is 0 Å². The molecule has 41 heavy (non-hydrogen) atoms. The summed E-state index contributed by atoms with van der Waals surface area (Å²) in [7, 11) is 0. The lowest BCUT2D eigenvalue weighted by atomic mass is 9.88. The third kappa shape index (κ3) is 3.29. The molecule has 0 spiro atoms. The highest BCUT2D eigenvalue weighted by atomic mass is 16.6. The minimum Gasteiger partial charge on any atom is -0.449 e. The van der Waals surface area contributed by atoms with Crippen molar-refractivity contribution < 1.29 is 9.47 Å². The van der Waals surface area contributed by atoms with Crippen LogP contribution in [0.4, 0.5) is 0 Å². The first-order chi connectivity index (χ1) is 20.3. The van der Waals surface area contributed by atoms with Crippen molar-refractivity contribution in [1.82, 2.24) is 14.5 Å². The van der Waals surface area contributed by atoms with E-state index in [0.29, 0.717) is 28.9 Å². The topological polar surface area (TPSA) is 49.2 Å². The van der Waals surface area contributed by atoms with E-state index in [2.05, 4.69) is 71.3 Å². The molecular formula is C36H23N3O2. The molecule has 0 bridgehead atoms. The summed E-state index contributed by atoms with van der Waals surface area (Å²) in [6.07, 6.45) is 1.81. The molecule has 9 rings (SSSR count). The molecule has 0 unspecified atom stereocenters. The van der Waals surface area contributed by atoms with Gasteiger partial charge < -0.3 is 9.47 Å². The molecule has 0 radical (unpaired) electrons. The van der Waals surface area contributed by atoms with E-state index in [0.717, 1.165) is 45.9 Å². The molecule has 1 aliphatic heterocycles. The number of fused-ring (bicyclic) bond motifs is 9. The van der Waals surface area contributed by atoms with Crippen molar-refractivity contribution in [2.24, 2.45) is 0 Å². The van der Waals surface area contributed by atoms with Crippen LogP contribution in [0.2, 0.25) is 0 Å². The Morgan fingerprint density at radius 1 is 0.585 bits per heavy atom. The van der Waals surface area contributed by atoms with Crippen molar-refractivity contribution in [2.45, 2.75) is 12.8 Å². The molecule has 5 heteroatoms. The Hall–Kier alpha value is -5.42. The average molecular weight is 530 g/mol. The first-order valence-corrected chi connectivity index (χ1v) is 13.9. The Bertz CT molecular complexity index is 2160. The van der Waals surface area contributed by atoms with Crippen LogP contribution in [0.3, 0.4) is 0 Å². The molecule has 0 amide bonds. The molecule has 2 aliphatic rings. The van der Waals surface area contributed by atoms with Gasteiger partial charge in [-0.2, -0.15) is 0 Å². The summed E-state index contributed by atoms with van der Waals surface area (Å²) in [5.41, 5.74) is 8.78. The molecule has 2 aromatic heterocycles. The highest BCUT2D eigenvalue weighted by molar-refractivity contribution is 6.05. The second-order valence-corrected chi connectivity index (χ2v) is 10.5. The van der Waals surface area contributed by atoms with Crippen LogP contribution in [0.15, 0.2) is 115 Å². The number of hydrogen-bond donors (Lipinski definition) is 0. The zero-order valence-corrected chi connectivity index (χ0v) is 22.0. The molecule has 0 saturated carbocycles. The van der Waals surface area contributed by atoms with Gasteiger partial charge in [-0.15, -0.1) is 0 Å². The number of aromatic nitrogens is 3. The fraction of sp³-hybridized carbons (Fsp3) is 0.0556. The summed E-state index contributed by atoms with van der Waals surface area (Å²) in [5.74, 6) is 3.41. The molecule has 0 fully saturated rings. The maximum Gasteiger partial charge on any atom is 0.235 e. The van der Waals surface area contributed by atoms with Crippen LogP contribution in [0.5, 0.6) is 23.0 Å². The first kappa shape index (κ1) is 22.4. The van der Waals surface area contributed by atoms with E-state index in [-0.39, 0.29) is 0 Å². The fourth-order valence-corrected chi connectivity index (χ4v) is 6.38. The predicted octanol–water partition coefficient (Wildman–Crippen LogP) is 8.90. The molecule has 194 valence electrons. The molecular weight excluding hydrogens is 506 g/mol. The van der Waals surface area contributed by atoms with Gasteiger partial charge in [-0.25, -0.2) is 9.97 Å². The summed E-state index contributed by atoms with van der Waals surface area (Å²) in [6, 6.07) is 39.2. The second-order valence-electron chi connectivity index (χ2n) is 10.5. The third-order valence-corrected chi connectivity index (χ3v) is 8.18. The molecule has 3 heterocycles. The van der Waals surface area contributed by atoms with Crippen molar-refractivity contribution in [1.29, 1.82) is 0 Å². The van der Waals surface area contributed by atoms with Crippen LogP contribution in [0.25, 0.3) is 50.1 Å². The SMILES string of the molecule is c1ccc(-c2nc(-n3c4c(c5ccc6c(c53)Oc3ccccc3O6)-c3ccccc3CC4)nc3ccccc23)cc1. The Kier molecular flexibility index (Phi) is 4.66. The van der Waals surface area contributed by atoms with Crippen LogP contribution in [-0.2, 0) is 12.8 Å². The smallest absolute Gasteiger partial charge is 0.235 e. The van der Waals surface area contributed by atoms with E-state index in [1.165, 1.54) is 22.4 Å². The highest BCUT2D eigenvalue weighted by Crippen LogP contribution is 2.52. The van der Waals surface area contributed by atoms with Crippen molar-refractivity contribution in [3.8, 4) is 51.3 Å². The molecule has 5 aromatic carbocycles. The van der Waals surface area contributed by atoms with Crippen LogP contribution in [0.1, 0.15) is 11.3 Å². The van der Waals surface area contributed by atoms with E-state index in [1.807, 2.05) is 48.5 Å². The van der Waals surface area contributed by atoms with Gasteiger partial charge >= 0.3 is 0 Å². The zero-order chi connectivity index (χ0) is 26.9. The van der Waals surface area contributed by atoms with E-state index in [9.17, 15) is 0 Å². The van der Waals surface area contributed by atoms with Crippen LogP contribution in [-0.4, -0.2) is 14.5 Å². The third-order valence-electron chi connectivity index (χ3n) is 8.18. The molecule has 1 aliphatic carbocycles. The van der Waals surface area contributed by atoms with Gasteiger partial charge in [0.05, 0.1) is 11.2 Å². The monoisotopic (exact) mass is 529 g/mol. The summed E-state index contributed by atoms with van der Waals surface area (Å²) < 4.78 is 15.2. The van der Waals surface area contributed by atoms with Gasteiger partial charge in [0.1, 0.15) is 5.52 Å². The molecule has 5 nitrogen and oxygen atoms in total. The second kappa shape index (κ2) is 8.54. The van der Waals surface area contributed by atoms with Crippen LogP contribution < -0.4 is 9.47 Å². The number of para-hydroxylation sites is 3. The fourth-order valence-electron chi connectivity index (χ4n) is 6.38. The van der Waals surface area contributed by atoms with Gasteiger partial charge in [0, 0.05) is 27.6 Å². The molecule has 0 atom stereocenters. The normalized spacial score (nSPS) is 13.1. The Morgan fingerprint density at radius 3 is 2.24 bits per heavy atom.